The third-order valence-electron chi connectivity index (χ3n) is 7.29. The van der Waals surface area contributed by atoms with Crippen molar-refractivity contribution in [2.45, 2.75) is 50.2 Å². The Morgan fingerprint density at radius 1 is 1.16 bits per heavy atom. The highest BCUT2D eigenvalue weighted by molar-refractivity contribution is 5.71. The van der Waals surface area contributed by atoms with Crippen molar-refractivity contribution in [2.24, 2.45) is 5.41 Å². The first-order valence-electron chi connectivity index (χ1n) is 9.70. The lowest BCUT2D eigenvalue weighted by molar-refractivity contribution is -0.533. The van der Waals surface area contributed by atoms with Crippen LogP contribution in [0.3, 0.4) is 0 Å². The van der Waals surface area contributed by atoms with Crippen LogP contribution in [0.15, 0.2) is 18.2 Å². The molecule has 25 heavy (non-hydrogen) atoms. The second-order valence-electron chi connectivity index (χ2n) is 8.23. The van der Waals surface area contributed by atoms with Crippen LogP contribution in [0.1, 0.15) is 43.7 Å². The Morgan fingerprint density at radius 3 is 2.76 bits per heavy atom. The molecule has 0 N–H and O–H groups in total. The summed E-state index contributed by atoms with van der Waals surface area (Å²) in [5.41, 5.74) is 3.30. The van der Waals surface area contributed by atoms with Gasteiger partial charge in [-0.15, -0.1) is 0 Å². The fourth-order valence-electron chi connectivity index (χ4n) is 6.07. The zero-order valence-electron chi connectivity index (χ0n) is 15.3. The maximum atomic E-state index is 6.17. The van der Waals surface area contributed by atoms with E-state index in [0.29, 0.717) is 0 Å². The molecule has 4 nitrogen and oxygen atoms in total. The number of hydrogen-bond acceptors (Lipinski definition) is 3. The Kier molecular flexibility index (Phi) is 3.36. The quantitative estimate of drug-likeness (QED) is 0.774. The normalized spacial score (nSPS) is 35.0. The molecule has 2 aliphatic heterocycles. The highest BCUT2D eigenvalue weighted by Gasteiger charge is 2.67. The summed E-state index contributed by atoms with van der Waals surface area (Å²) in [7, 11) is 1.76. The van der Waals surface area contributed by atoms with Crippen molar-refractivity contribution in [3.8, 4) is 5.75 Å². The molecule has 134 valence electrons. The molecular formula is C21H28NO3+. The number of nitrogens with zero attached hydrogens (tertiary/aromatic N) is 1. The van der Waals surface area contributed by atoms with Crippen molar-refractivity contribution in [1.29, 1.82) is 0 Å². The van der Waals surface area contributed by atoms with Gasteiger partial charge in [0, 0.05) is 24.7 Å². The number of rotatable bonds is 2. The van der Waals surface area contributed by atoms with Crippen LogP contribution >= 0.6 is 0 Å². The van der Waals surface area contributed by atoms with Crippen molar-refractivity contribution in [2.75, 3.05) is 33.4 Å². The molecule has 1 saturated carbocycles. The van der Waals surface area contributed by atoms with Gasteiger partial charge in [0.1, 0.15) is 25.1 Å². The molecule has 4 aliphatic rings. The van der Waals surface area contributed by atoms with Crippen molar-refractivity contribution in [3.05, 3.63) is 29.3 Å². The average Bonchev–Trinajstić information content (AvgIpc) is 3.21. The monoisotopic (exact) mass is 342 g/mol. The lowest BCUT2D eigenvalue weighted by atomic mass is 9.53. The molecule has 1 spiro atoms. The standard InChI is InChI=1S/C21H28NO3/c1-3-22-9-8-20-14-21(24-10-11-25-21)7-6-19(20,15-22)13-16-4-5-17(23-2)12-18(16)20/h4-5,12,15H,3,6-11,13-14H2,1-2H3/q+1/t19-,20-/m1/s1. The van der Waals surface area contributed by atoms with Gasteiger partial charge < -0.3 is 14.2 Å². The lowest BCUT2D eigenvalue weighted by Gasteiger charge is -2.53. The van der Waals surface area contributed by atoms with Crippen molar-refractivity contribution in [1.82, 2.24) is 0 Å². The predicted octanol–water partition coefficient (Wildman–Crippen LogP) is 2.91. The van der Waals surface area contributed by atoms with Crippen LogP contribution < -0.4 is 4.74 Å². The van der Waals surface area contributed by atoms with Crippen LogP contribution in [0.4, 0.5) is 0 Å². The first-order valence-corrected chi connectivity index (χ1v) is 9.70. The van der Waals surface area contributed by atoms with E-state index in [2.05, 4.69) is 35.9 Å². The molecule has 4 heteroatoms. The molecule has 2 atom stereocenters. The number of benzene rings is 1. The van der Waals surface area contributed by atoms with E-state index in [4.69, 9.17) is 14.2 Å². The first-order chi connectivity index (χ1) is 12.1. The van der Waals surface area contributed by atoms with Gasteiger partial charge in [0.05, 0.1) is 25.7 Å². The minimum Gasteiger partial charge on any atom is -0.497 e. The Morgan fingerprint density at radius 2 is 2.00 bits per heavy atom. The molecule has 2 heterocycles. The second kappa shape index (κ2) is 5.31. The zero-order valence-corrected chi connectivity index (χ0v) is 15.3. The van der Waals surface area contributed by atoms with Crippen molar-refractivity contribution < 1.29 is 18.8 Å². The highest BCUT2D eigenvalue weighted by Crippen LogP contribution is 2.64. The van der Waals surface area contributed by atoms with E-state index in [1.807, 2.05) is 0 Å². The fourth-order valence-corrected chi connectivity index (χ4v) is 6.07. The van der Waals surface area contributed by atoms with Crippen LogP contribution in [0, 0.1) is 5.41 Å². The first kappa shape index (κ1) is 15.8. The third-order valence-corrected chi connectivity index (χ3v) is 7.29. The smallest absolute Gasteiger partial charge is 0.169 e. The average molecular weight is 342 g/mol. The summed E-state index contributed by atoms with van der Waals surface area (Å²) in [6.45, 7) is 5.94. The molecule has 1 aromatic carbocycles. The summed E-state index contributed by atoms with van der Waals surface area (Å²) in [6, 6.07) is 6.69. The second-order valence-corrected chi connectivity index (χ2v) is 8.23. The summed E-state index contributed by atoms with van der Waals surface area (Å²) in [6.07, 6.45) is 8.01. The summed E-state index contributed by atoms with van der Waals surface area (Å²) < 4.78 is 20.4. The van der Waals surface area contributed by atoms with Gasteiger partial charge in [-0.05, 0) is 43.0 Å². The molecule has 1 aromatic rings. The Labute approximate surface area is 149 Å². The topological polar surface area (TPSA) is 30.7 Å². The fraction of sp³-hybridized carbons (Fsp3) is 0.667. The molecule has 1 saturated heterocycles. The summed E-state index contributed by atoms with van der Waals surface area (Å²) in [4.78, 5) is 0. The molecule has 0 unspecified atom stereocenters. The number of ether oxygens (including phenoxy) is 3. The van der Waals surface area contributed by atoms with E-state index in [9.17, 15) is 0 Å². The van der Waals surface area contributed by atoms with Crippen molar-refractivity contribution in [3.63, 3.8) is 0 Å². The summed E-state index contributed by atoms with van der Waals surface area (Å²) >= 11 is 0. The van der Waals surface area contributed by atoms with Gasteiger partial charge in [0.2, 0.25) is 0 Å². The molecule has 0 radical (unpaired) electrons. The van der Waals surface area contributed by atoms with Gasteiger partial charge >= 0.3 is 0 Å². The third kappa shape index (κ3) is 2.04. The molecule has 0 bridgehead atoms. The number of fused-ring (bicyclic) bond motifs is 1. The zero-order chi connectivity index (χ0) is 17.1. The number of hydrogen-bond donors (Lipinski definition) is 0. The van der Waals surface area contributed by atoms with E-state index in [1.165, 1.54) is 17.5 Å². The van der Waals surface area contributed by atoms with Gasteiger partial charge in [0.15, 0.2) is 5.79 Å². The Bertz CT molecular complexity index is 737. The van der Waals surface area contributed by atoms with Gasteiger partial charge in [-0.25, -0.2) is 4.58 Å². The molecule has 0 amide bonds. The lowest BCUT2D eigenvalue weighted by Crippen LogP contribution is -2.59. The summed E-state index contributed by atoms with van der Waals surface area (Å²) in [5, 5.41) is 0. The van der Waals surface area contributed by atoms with Crippen molar-refractivity contribution >= 4 is 6.21 Å². The van der Waals surface area contributed by atoms with E-state index in [-0.39, 0.29) is 16.6 Å². The molecular weight excluding hydrogens is 314 g/mol. The van der Waals surface area contributed by atoms with E-state index in [1.54, 1.807) is 7.11 Å². The summed E-state index contributed by atoms with van der Waals surface area (Å²) in [5.74, 6) is 0.603. The van der Waals surface area contributed by atoms with Crippen LogP contribution in [0.25, 0.3) is 0 Å². The van der Waals surface area contributed by atoms with E-state index in [0.717, 1.165) is 57.7 Å². The maximum Gasteiger partial charge on any atom is 0.169 e. The van der Waals surface area contributed by atoms with Crippen LogP contribution in [-0.2, 0) is 21.3 Å². The predicted molar refractivity (Wildman–Crippen MR) is 95.6 cm³/mol. The highest BCUT2D eigenvalue weighted by atomic mass is 16.7. The SMILES string of the molecule is CC[N+]1=C[C@]23CCC4(C[C@]2(CC1)c1cc(OC)ccc1C3)OCCO4. The van der Waals surface area contributed by atoms with E-state index >= 15 is 0 Å². The Balaban J connectivity index is 1.68. The van der Waals surface area contributed by atoms with Crippen LogP contribution in [-0.4, -0.2) is 50.0 Å². The van der Waals surface area contributed by atoms with Crippen LogP contribution in [0.2, 0.25) is 0 Å². The van der Waals surface area contributed by atoms with Gasteiger partial charge in [-0.3, -0.25) is 0 Å². The molecule has 5 rings (SSSR count). The maximum absolute atomic E-state index is 6.17. The van der Waals surface area contributed by atoms with Gasteiger partial charge in [-0.2, -0.15) is 0 Å². The molecule has 2 fully saturated rings. The number of methoxy groups -OCH3 is 1. The molecule has 0 aromatic heterocycles. The van der Waals surface area contributed by atoms with E-state index < -0.39 is 0 Å². The van der Waals surface area contributed by atoms with Crippen LogP contribution in [0.5, 0.6) is 5.75 Å². The molecule has 2 aliphatic carbocycles. The van der Waals surface area contributed by atoms with Gasteiger partial charge in [0.25, 0.3) is 0 Å². The largest absolute Gasteiger partial charge is 0.497 e. The minimum atomic E-state index is -0.365. The van der Waals surface area contributed by atoms with Gasteiger partial charge in [-0.1, -0.05) is 6.07 Å². The Hall–Kier alpha value is -1.39. The minimum absolute atomic E-state index is 0.116.